The van der Waals surface area contributed by atoms with Crippen molar-refractivity contribution in [2.45, 2.75) is 13.5 Å². The maximum atomic E-state index is 5.13. The third-order valence-corrected chi connectivity index (χ3v) is 3.60. The topological polar surface area (TPSA) is 64.9 Å². The van der Waals surface area contributed by atoms with Gasteiger partial charge in [-0.3, -0.25) is 9.67 Å². The summed E-state index contributed by atoms with van der Waals surface area (Å²) in [7, 11) is 3.54. The summed E-state index contributed by atoms with van der Waals surface area (Å²) >= 11 is 0. The minimum absolute atomic E-state index is 0.618. The van der Waals surface area contributed by atoms with Gasteiger partial charge >= 0.3 is 0 Å². The SMILES string of the molecule is COc1ccc(NCc2cn(C)nc2-c2ccncc2)c(C)n1. The van der Waals surface area contributed by atoms with Crippen LogP contribution in [0.25, 0.3) is 11.3 Å². The van der Waals surface area contributed by atoms with Gasteiger partial charge in [-0.25, -0.2) is 4.98 Å². The predicted octanol–water partition coefficient (Wildman–Crippen LogP) is 2.81. The van der Waals surface area contributed by atoms with Crippen LogP contribution in [-0.4, -0.2) is 26.9 Å². The average molecular weight is 309 g/mol. The van der Waals surface area contributed by atoms with Crippen LogP contribution in [0.15, 0.2) is 42.9 Å². The van der Waals surface area contributed by atoms with E-state index in [1.165, 1.54) is 0 Å². The Hall–Kier alpha value is -2.89. The first kappa shape index (κ1) is 15.0. The van der Waals surface area contributed by atoms with Gasteiger partial charge in [0.05, 0.1) is 24.2 Å². The van der Waals surface area contributed by atoms with E-state index in [9.17, 15) is 0 Å². The lowest BCUT2D eigenvalue weighted by Crippen LogP contribution is -2.03. The minimum Gasteiger partial charge on any atom is -0.481 e. The van der Waals surface area contributed by atoms with Crippen LogP contribution < -0.4 is 10.1 Å². The Morgan fingerprint density at radius 3 is 2.65 bits per heavy atom. The summed E-state index contributed by atoms with van der Waals surface area (Å²) in [5.74, 6) is 0.618. The Morgan fingerprint density at radius 1 is 1.17 bits per heavy atom. The van der Waals surface area contributed by atoms with E-state index in [-0.39, 0.29) is 0 Å². The van der Waals surface area contributed by atoms with Gasteiger partial charge < -0.3 is 10.1 Å². The van der Waals surface area contributed by atoms with Crippen LogP contribution in [0, 0.1) is 6.92 Å². The van der Waals surface area contributed by atoms with Gasteiger partial charge in [0.15, 0.2) is 0 Å². The van der Waals surface area contributed by atoms with E-state index in [1.807, 2.05) is 49.1 Å². The zero-order chi connectivity index (χ0) is 16.2. The maximum Gasteiger partial charge on any atom is 0.213 e. The van der Waals surface area contributed by atoms with Gasteiger partial charge in [-0.1, -0.05) is 0 Å². The van der Waals surface area contributed by atoms with E-state index in [0.717, 1.165) is 28.2 Å². The fraction of sp³-hybridized carbons (Fsp3) is 0.235. The molecule has 0 amide bonds. The average Bonchev–Trinajstić information content (AvgIpc) is 2.95. The highest BCUT2D eigenvalue weighted by Crippen LogP contribution is 2.23. The normalized spacial score (nSPS) is 10.6. The zero-order valence-corrected chi connectivity index (χ0v) is 13.4. The summed E-state index contributed by atoms with van der Waals surface area (Å²) in [5, 5.41) is 7.97. The van der Waals surface area contributed by atoms with Gasteiger partial charge in [0.2, 0.25) is 5.88 Å². The molecule has 0 atom stereocenters. The van der Waals surface area contributed by atoms with E-state index in [1.54, 1.807) is 19.5 Å². The number of ether oxygens (including phenoxy) is 1. The Labute approximate surface area is 135 Å². The van der Waals surface area contributed by atoms with Crippen LogP contribution in [0.2, 0.25) is 0 Å². The molecule has 3 aromatic rings. The van der Waals surface area contributed by atoms with Gasteiger partial charge in [-0.05, 0) is 25.1 Å². The molecule has 0 radical (unpaired) electrons. The molecule has 3 aromatic heterocycles. The van der Waals surface area contributed by atoms with Crippen LogP contribution in [-0.2, 0) is 13.6 Å². The first-order chi connectivity index (χ1) is 11.2. The molecule has 0 saturated heterocycles. The largest absolute Gasteiger partial charge is 0.481 e. The van der Waals surface area contributed by atoms with Crippen molar-refractivity contribution in [3.05, 3.63) is 54.1 Å². The molecule has 0 fully saturated rings. The number of anilines is 1. The zero-order valence-electron chi connectivity index (χ0n) is 13.4. The summed E-state index contributed by atoms with van der Waals surface area (Å²) < 4.78 is 6.96. The highest BCUT2D eigenvalue weighted by atomic mass is 16.5. The predicted molar refractivity (Wildman–Crippen MR) is 89.3 cm³/mol. The Balaban J connectivity index is 1.82. The van der Waals surface area contributed by atoms with Gasteiger partial charge in [-0.2, -0.15) is 5.10 Å². The number of nitrogens with zero attached hydrogens (tertiary/aromatic N) is 4. The summed E-state index contributed by atoms with van der Waals surface area (Å²) in [6.45, 7) is 2.62. The van der Waals surface area contributed by atoms with Crippen LogP contribution in [0.4, 0.5) is 5.69 Å². The Bertz CT molecular complexity index is 798. The lowest BCUT2D eigenvalue weighted by Gasteiger charge is -2.10. The molecule has 3 heterocycles. The molecule has 6 nitrogen and oxygen atoms in total. The molecule has 1 N–H and O–H groups in total. The maximum absolute atomic E-state index is 5.13. The van der Waals surface area contributed by atoms with Gasteiger partial charge in [-0.15, -0.1) is 0 Å². The highest BCUT2D eigenvalue weighted by molar-refractivity contribution is 5.63. The Kier molecular flexibility index (Phi) is 4.23. The minimum atomic E-state index is 0.618. The molecule has 23 heavy (non-hydrogen) atoms. The molecule has 0 aliphatic heterocycles. The van der Waals surface area contributed by atoms with Gasteiger partial charge in [0.1, 0.15) is 0 Å². The van der Waals surface area contributed by atoms with Crippen molar-refractivity contribution in [1.29, 1.82) is 0 Å². The van der Waals surface area contributed by atoms with E-state index >= 15 is 0 Å². The number of hydrogen-bond acceptors (Lipinski definition) is 5. The van der Waals surface area contributed by atoms with Crippen molar-refractivity contribution < 1.29 is 4.74 Å². The fourth-order valence-electron chi connectivity index (χ4n) is 2.45. The second-order valence-corrected chi connectivity index (χ2v) is 5.25. The number of aromatic nitrogens is 4. The van der Waals surface area contributed by atoms with Crippen molar-refractivity contribution in [1.82, 2.24) is 19.7 Å². The van der Waals surface area contributed by atoms with E-state index in [0.29, 0.717) is 12.4 Å². The van der Waals surface area contributed by atoms with E-state index in [2.05, 4.69) is 20.4 Å². The lowest BCUT2D eigenvalue weighted by atomic mass is 10.1. The van der Waals surface area contributed by atoms with Crippen molar-refractivity contribution in [2.75, 3.05) is 12.4 Å². The third kappa shape index (κ3) is 3.31. The summed E-state index contributed by atoms with van der Waals surface area (Å²) in [6, 6.07) is 7.75. The van der Waals surface area contributed by atoms with Crippen molar-refractivity contribution in [3.63, 3.8) is 0 Å². The number of hydrogen-bond donors (Lipinski definition) is 1. The number of aryl methyl sites for hydroxylation is 2. The first-order valence-electron chi connectivity index (χ1n) is 7.36. The molecule has 0 saturated carbocycles. The highest BCUT2D eigenvalue weighted by Gasteiger charge is 2.10. The van der Waals surface area contributed by atoms with E-state index in [4.69, 9.17) is 4.74 Å². The number of nitrogens with one attached hydrogen (secondary N) is 1. The molecule has 0 aliphatic carbocycles. The van der Waals surface area contributed by atoms with Crippen molar-refractivity contribution >= 4 is 5.69 Å². The lowest BCUT2D eigenvalue weighted by molar-refractivity contribution is 0.397. The molecule has 0 aliphatic rings. The smallest absolute Gasteiger partial charge is 0.213 e. The molecular weight excluding hydrogens is 290 g/mol. The van der Waals surface area contributed by atoms with Crippen molar-refractivity contribution in [3.8, 4) is 17.1 Å². The molecule has 0 unspecified atom stereocenters. The number of pyridine rings is 2. The molecule has 118 valence electrons. The molecule has 6 heteroatoms. The van der Waals surface area contributed by atoms with Crippen LogP contribution in [0.3, 0.4) is 0 Å². The van der Waals surface area contributed by atoms with Crippen LogP contribution in [0.5, 0.6) is 5.88 Å². The fourth-order valence-corrected chi connectivity index (χ4v) is 2.45. The number of methoxy groups -OCH3 is 1. The monoisotopic (exact) mass is 309 g/mol. The molecule has 0 bridgehead atoms. The summed E-state index contributed by atoms with van der Waals surface area (Å²) in [6.07, 6.45) is 5.58. The van der Waals surface area contributed by atoms with Gasteiger partial charge in [0, 0.05) is 49.4 Å². The van der Waals surface area contributed by atoms with Crippen molar-refractivity contribution in [2.24, 2.45) is 7.05 Å². The second kappa shape index (κ2) is 6.48. The summed E-state index contributed by atoms with van der Waals surface area (Å²) in [5.41, 5.74) is 5.02. The molecule has 0 spiro atoms. The van der Waals surface area contributed by atoms with Crippen LogP contribution >= 0.6 is 0 Å². The second-order valence-electron chi connectivity index (χ2n) is 5.25. The molecule has 0 aromatic carbocycles. The Morgan fingerprint density at radius 2 is 1.96 bits per heavy atom. The summed E-state index contributed by atoms with van der Waals surface area (Å²) in [4.78, 5) is 8.43. The molecular formula is C17H19N5O. The van der Waals surface area contributed by atoms with Crippen LogP contribution in [0.1, 0.15) is 11.3 Å². The van der Waals surface area contributed by atoms with E-state index < -0.39 is 0 Å². The third-order valence-electron chi connectivity index (χ3n) is 3.60. The first-order valence-corrected chi connectivity index (χ1v) is 7.36. The molecule has 3 rings (SSSR count). The quantitative estimate of drug-likeness (QED) is 0.785. The number of rotatable bonds is 5. The van der Waals surface area contributed by atoms with Gasteiger partial charge in [0.25, 0.3) is 0 Å². The standard InChI is InChI=1S/C17H19N5O/c1-12-15(4-5-16(20-12)23-3)19-10-14-11-22(2)21-17(14)13-6-8-18-9-7-13/h4-9,11,19H,10H2,1-3H3.